The number of thiophene rings is 1. The Morgan fingerprint density at radius 2 is 1.79 bits per heavy atom. The molecular formula is C19H17BrN2O4S2. The molecule has 28 heavy (non-hydrogen) atoms. The summed E-state index contributed by atoms with van der Waals surface area (Å²) >= 11 is 4.47. The molecule has 0 spiro atoms. The van der Waals surface area contributed by atoms with Gasteiger partial charge in [-0.2, -0.15) is 0 Å². The Morgan fingerprint density at radius 1 is 1.07 bits per heavy atom. The number of nitrogens with two attached hydrogens (primary N) is 1. The first-order valence-corrected chi connectivity index (χ1v) is 11.3. The Labute approximate surface area is 175 Å². The second-order valence-electron chi connectivity index (χ2n) is 5.86. The van der Waals surface area contributed by atoms with Crippen molar-refractivity contribution in [3.8, 4) is 5.75 Å². The van der Waals surface area contributed by atoms with Crippen LogP contribution in [-0.2, 0) is 23.2 Å². The minimum atomic E-state index is -3.71. The van der Waals surface area contributed by atoms with E-state index in [0.717, 1.165) is 27.1 Å². The average molecular weight is 481 g/mol. The molecular weight excluding hydrogens is 464 g/mol. The molecule has 0 radical (unpaired) electrons. The van der Waals surface area contributed by atoms with Crippen LogP contribution in [0.4, 0.5) is 0 Å². The van der Waals surface area contributed by atoms with Crippen LogP contribution in [0.5, 0.6) is 5.75 Å². The fourth-order valence-electron chi connectivity index (χ4n) is 2.35. The number of amides is 1. The van der Waals surface area contributed by atoms with Gasteiger partial charge in [-0.05, 0) is 57.9 Å². The van der Waals surface area contributed by atoms with Gasteiger partial charge in [-0.1, -0.05) is 24.3 Å². The average Bonchev–Trinajstić information content (AvgIpc) is 3.15. The Morgan fingerprint density at radius 3 is 2.43 bits per heavy atom. The molecule has 3 N–H and O–H groups in total. The summed E-state index contributed by atoms with van der Waals surface area (Å²) in [5, 5.41) is 7.85. The molecule has 0 aliphatic rings. The number of para-hydroxylation sites is 1. The highest BCUT2D eigenvalue weighted by atomic mass is 79.9. The standard InChI is InChI=1S/C19H17BrN2O4S2/c20-16-3-1-2-4-17(16)26-12-13-5-7-14(8-6-13)19(23)22-11-15-9-10-18(27-15)28(21,24)25/h1-10H,11-12H2,(H,22,23)(H2,21,24,25). The monoisotopic (exact) mass is 480 g/mol. The molecule has 0 saturated carbocycles. The van der Waals surface area contributed by atoms with Crippen LogP contribution in [0.1, 0.15) is 20.8 Å². The fourth-order valence-corrected chi connectivity index (χ4v) is 4.47. The van der Waals surface area contributed by atoms with Gasteiger partial charge in [-0.3, -0.25) is 4.79 Å². The molecule has 0 fully saturated rings. The van der Waals surface area contributed by atoms with Gasteiger partial charge in [-0.15, -0.1) is 11.3 Å². The van der Waals surface area contributed by atoms with E-state index < -0.39 is 10.0 Å². The number of carbonyl (C=O) groups excluding carboxylic acids is 1. The zero-order chi connectivity index (χ0) is 20.1. The van der Waals surface area contributed by atoms with Crippen LogP contribution in [0.15, 0.2) is 69.3 Å². The van der Waals surface area contributed by atoms with Crippen LogP contribution in [0.2, 0.25) is 0 Å². The van der Waals surface area contributed by atoms with E-state index >= 15 is 0 Å². The van der Waals surface area contributed by atoms with Crippen LogP contribution in [0.25, 0.3) is 0 Å². The molecule has 0 saturated heterocycles. The third-order valence-electron chi connectivity index (χ3n) is 3.79. The number of rotatable bonds is 7. The molecule has 0 aliphatic carbocycles. The minimum absolute atomic E-state index is 0.0751. The summed E-state index contributed by atoms with van der Waals surface area (Å²) in [6.07, 6.45) is 0. The highest BCUT2D eigenvalue weighted by Crippen LogP contribution is 2.24. The van der Waals surface area contributed by atoms with Crippen LogP contribution in [0.3, 0.4) is 0 Å². The molecule has 1 heterocycles. The third-order valence-corrected chi connectivity index (χ3v) is 6.97. The SMILES string of the molecule is NS(=O)(=O)c1ccc(CNC(=O)c2ccc(COc3ccccc3Br)cc2)s1. The quantitative estimate of drug-likeness (QED) is 0.538. The summed E-state index contributed by atoms with van der Waals surface area (Å²) in [6, 6.07) is 17.8. The summed E-state index contributed by atoms with van der Waals surface area (Å²) in [5.41, 5.74) is 1.44. The smallest absolute Gasteiger partial charge is 0.251 e. The summed E-state index contributed by atoms with van der Waals surface area (Å²) in [6.45, 7) is 0.613. The Hall–Kier alpha value is -2.20. The lowest BCUT2D eigenvalue weighted by molar-refractivity contribution is 0.0951. The number of hydrogen-bond donors (Lipinski definition) is 2. The number of ether oxygens (including phenoxy) is 1. The van der Waals surface area contributed by atoms with Crippen molar-refractivity contribution in [2.24, 2.45) is 5.14 Å². The molecule has 2 aromatic carbocycles. The molecule has 146 valence electrons. The van der Waals surface area contributed by atoms with Gasteiger partial charge in [0.15, 0.2) is 0 Å². The molecule has 9 heteroatoms. The maximum absolute atomic E-state index is 12.3. The lowest BCUT2D eigenvalue weighted by Gasteiger charge is -2.09. The van der Waals surface area contributed by atoms with E-state index in [2.05, 4.69) is 21.2 Å². The van der Waals surface area contributed by atoms with E-state index in [1.807, 2.05) is 36.4 Å². The van der Waals surface area contributed by atoms with Crippen molar-refractivity contribution in [2.45, 2.75) is 17.4 Å². The van der Waals surface area contributed by atoms with Crippen molar-refractivity contribution < 1.29 is 17.9 Å². The maximum Gasteiger partial charge on any atom is 0.251 e. The number of nitrogens with one attached hydrogen (secondary N) is 1. The predicted octanol–water partition coefficient (Wildman–Crippen LogP) is 3.67. The summed E-state index contributed by atoms with van der Waals surface area (Å²) in [5.74, 6) is 0.503. The first kappa shape index (κ1) is 20.5. The van der Waals surface area contributed by atoms with Gasteiger partial charge in [0.2, 0.25) is 10.0 Å². The van der Waals surface area contributed by atoms with Gasteiger partial charge in [0, 0.05) is 10.4 Å². The zero-order valence-corrected chi connectivity index (χ0v) is 17.8. The first-order valence-electron chi connectivity index (χ1n) is 8.19. The van der Waals surface area contributed by atoms with Crippen molar-refractivity contribution in [3.05, 3.63) is 81.1 Å². The Kier molecular flexibility index (Phi) is 6.50. The number of hydrogen-bond acceptors (Lipinski definition) is 5. The maximum atomic E-state index is 12.3. The number of sulfonamides is 1. The highest BCUT2D eigenvalue weighted by Gasteiger charge is 2.12. The van der Waals surface area contributed by atoms with E-state index in [9.17, 15) is 13.2 Å². The molecule has 3 aromatic rings. The minimum Gasteiger partial charge on any atom is -0.488 e. The van der Waals surface area contributed by atoms with E-state index in [-0.39, 0.29) is 16.7 Å². The molecule has 3 rings (SSSR count). The number of halogens is 1. The molecule has 6 nitrogen and oxygen atoms in total. The van der Waals surface area contributed by atoms with Crippen molar-refractivity contribution in [1.82, 2.24) is 5.32 Å². The molecule has 0 unspecified atom stereocenters. The van der Waals surface area contributed by atoms with Gasteiger partial charge in [0.1, 0.15) is 16.6 Å². The van der Waals surface area contributed by atoms with E-state index in [4.69, 9.17) is 9.88 Å². The number of carbonyl (C=O) groups is 1. The number of benzene rings is 2. The third kappa shape index (κ3) is 5.41. The lowest BCUT2D eigenvalue weighted by Crippen LogP contribution is -2.22. The van der Waals surface area contributed by atoms with Crippen LogP contribution in [-0.4, -0.2) is 14.3 Å². The van der Waals surface area contributed by atoms with Crippen molar-refractivity contribution in [3.63, 3.8) is 0 Å². The normalized spacial score (nSPS) is 11.2. The molecule has 1 amide bonds. The molecule has 0 bridgehead atoms. The zero-order valence-electron chi connectivity index (χ0n) is 14.6. The Balaban J connectivity index is 1.55. The van der Waals surface area contributed by atoms with Crippen molar-refractivity contribution in [2.75, 3.05) is 0 Å². The van der Waals surface area contributed by atoms with Crippen LogP contribution in [0, 0.1) is 0 Å². The second kappa shape index (κ2) is 8.87. The summed E-state index contributed by atoms with van der Waals surface area (Å²) in [7, 11) is -3.71. The van der Waals surface area contributed by atoms with Gasteiger partial charge in [-0.25, -0.2) is 13.6 Å². The number of primary sulfonamides is 1. The van der Waals surface area contributed by atoms with Gasteiger partial charge < -0.3 is 10.1 Å². The fraction of sp³-hybridized carbons (Fsp3) is 0.105. The van der Waals surface area contributed by atoms with Crippen LogP contribution < -0.4 is 15.2 Å². The summed E-state index contributed by atoms with van der Waals surface area (Å²) < 4.78 is 29.3. The lowest BCUT2D eigenvalue weighted by atomic mass is 10.1. The second-order valence-corrected chi connectivity index (χ2v) is 9.68. The van der Waals surface area contributed by atoms with Crippen molar-refractivity contribution in [1.29, 1.82) is 0 Å². The highest BCUT2D eigenvalue weighted by molar-refractivity contribution is 9.10. The van der Waals surface area contributed by atoms with Crippen molar-refractivity contribution >= 4 is 43.2 Å². The van der Waals surface area contributed by atoms with E-state index in [0.29, 0.717) is 17.0 Å². The molecule has 1 aromatic heterocycles. The van der Waals surface area contributed by atoms with Gasteiger partial charge >= 0.3 is 0 Å². The molecule has 0 aliphatic heterocycles. The predicted molar refractivity (Wildman–Crippen MR) is 112 cm³/mol. The van der Waals surface area contributed by atoms with E-state index in [1.165, 1.54) is 6.07 Å². The van der Waals surface area contributed by atoms with E-state index in [1.54, 1.807) is 18.2 Å². The topological polar surface area (TPSA) is 98.5 Å². The molecule has 0 atom stereocenters. The van der Waals surface area contributed by atoms with Gasteiger partial charge in [0.25, 0.3) is 5.91 Å². The van der Waals surface area contributed by atoms with Crippen LogP contribution >= 0.6 is 27.3 Å². The largest absolute Gasteiger partial charge is 0.488 e. The summed E-state index contributed by atoms with van der Waals surface area (Å²) in [4.78, 5) is 13.0. The first-order chi connectivity index (χ1) is 13.3. The Bertz CT molecular complexity index is 1080. The van der Waals surface area contributed by atoms with Gasteiger partial charge in [0.05, 0.1) is 11.0 Å².